The van der Waals surface area contributed by atoms with Crippen LogP contribution in [0.25, 0.3) is 0 Å². The molecule has 1 atom stereocenters. The van der Waals surface area contributed by atoms with Crippen molar-refractivity contribution in [2.45, 2.75) is 20.0 Å². The minimum absolute atomic E-state index is 0.270. The van der Waals surface area contributed by atoms with Gasteiger partial charge in [0.1, 0.15) is 5.75 Å². The van der Waals surface area contributed by atoms with E-state index in [1.165, 1.54) is 0 Å². The van der Waals surface area contributed by atoms with Crippen LogP contribution in [0.1, 0.15) is 12.5 Å². The lowest BCUT2D eigenvalue weighted by atomic mass is 10.2. The largest absolute Gasteiger partial charge is 0.481 e. The lowest BCUT2D eigenvalue weighted by molar-refractivity contribution is -0.122. The van der Waals surface area contributed by atoms with Crippen molar-refractivity contribution in [1.29, 1.82) is 0 Å². The third kappa shape index (κ3) is 4.66. The highest BCUT2D eigenvalue weighted by atomic mass is 35.5. The van der Waals surface area contributed by atoms with Crippen LogP contribution in [0.3, 0.4) is 0 Å². The van der Waals surface area contributed by atoms with Gasteiger partial charge >= 0.3 is 0 Å². The van der Waals surface area contributed by atoms with Crippen LogP contribution >= 0.6 is 23.2 Å². The quantitative estimate of drug-likeness (QED) is 0.885. The van der Waals surface area contributed by atoms with E-state index in [1.54, 1.807) is 25.1 Å². The Labute approximate surface area is 133 Å². The van der Waals surface area contributed by atoms with E-state index in [2.05, 4.69) is 5.32 Å². The lowest BCUT2D eigenvalue weighted by Crippen LogP contribution is -2.30. The van der Waals surface area contributed by atoms with Crippen molar-refractivity contribution in [2.24, 2.45) is 0 Å². The first kappa shape index (κ1) is 15.7. The van der Waals surface area contributed by atoms with E-state index in [1.807, 2.05) is 31.2 Å². The van der Waals surface area contributed by atoms with Gasteiger partial charge in [-0.2, -0.15) is 0 Å². The van der Waals surface area contributed by atoms with Crippen LogP contribution in [0.15, 0.2) is 42.5 Å². The van der Waals surface area contributed by atoms with E-state index in [0.29, 0.717) is 21.5 Å². The summed E-state index contributed by atoms with van der Waals surface area (Å²) in [5, 5.41) is 3.65. The van der Waals surface area contributed by atoms with Crippen LogP contribution in [-0.2, 0) is 4.79 Å². The predicted molar refractivity (Wildman–Crippen MR) is 86.4 cm³/mol. The van der Waals surface area contributed by atoms with Crippen LogP contribution in [0, 0.1) is 6.92 Å². The van der Waals surface area contributed by atoms with Crippen LogP contribution < -0.4 is 10.1 Å². The Hall–Kier alpha value is -1.71. The number of carbonyl (C=O) groups excluding carboxylic acids is 1. The van der Waals surface area contributed by atoms with Gasteiger partial charge in [-0.3, -0.25) is 4.79 Å². The third-order valence-electron chi connectivity index (χ3n) is 2.83. The van der Waals surface area contributed by atoms with Gasteiger partial charge < -0.3 is 10.1 Å². The van der Waals surface area contributed by atoms with Gasteiger partial charge in [0.15, 0.2) is 6.10 Å². The Bertz CT molecular complexity index is 621. The molecule has 0 aromatic heterocycles. The highest BCUT2D eigenvalue weighted by Crippen LogP contribution is 2.23. The average molecular weight is 324 g/mol. The molecule has 0 radical (unpaired) electrons. The number of aryl methyl sites for hydroxylation is 1. The summed E-state index contributed by atoms with van der Waals surface area (Å²) >= 11 is 11.8. The molecule has 2 rings (SSSR count). The molecule has 0 saturated carbocycles. The first-order valence-corrected chi connectivity index (χ1v) is 7.20. The van der Waals surface area contributed by atoms with Crippen LogP contribution in [0.5, 0.6) is 5.75 Å². The number of amides is 1. The maximum absolute atomic E-state index is 12.1. The number of hydrogen-bond acceptors (Lipinski definition) is 2. The minimum Gasteiger partial charge on any atom is -0.481 e. The Morgan fingerprint density at radius 2 is 1.67 bits per heavy atom. The number of hydrogen-bond donors (Lipinski definition) is 1. The monoisotopic (exact) mass is 323 g/mol. The number of carbonyl (C=O) groups is 1. The van der Waals surface area contributed by atoms with E-state index in [4.69, 9.17) is 27.9 Å². The SMILES string of the molecule is Cc1ccc(OC(C)C(=O)Nc2cc(Cl)cc(Cl)c2)cc1. The fourth-order valence-corrected chi connectivity index (χ4v) is 2.27. The molecule has 110 valence electrons. The fraction of sp³-hybridized carbons (Fsp3) is 0.188. The second-order valence-electron chi connectivity index (χ2n) is 4.72. The van der Waals surface area contributed by atoms with Gasteiger partial charge in [-0.15, -0.1) is 0 Å². The normalized spacial score (nSPS) is 11.8. The minimum atomic E-state index is -0.634. The highest BCUT2D eigenvalue weighted by Gasteiger charge is 2.15. The summed E-state index contributed by atoms with van der Waals surface area (Å²) in [5.41, 5.74) is 1.67. The molecule has 2 aromatic carbocycles. The molecule has 0 aliphatic rings. The van der Waals surface area contributed by atoms with Crippen LogP contribution in [-0.4, -0.2) is 12.0 Å². The van der Waals surface area contributed by atoms with Gasteiger partial charge in [-0.25, -0.2) is 0 Å². The zero-order valence-corrected chi connectivity index (χ0v) is 13.2. The van der Waals surface area contributed by atoms with E-state index in [-0.39, 0.29) is 5.91 Å². The van der Waals surface area contributed by atoms with Gasteiger partial charge in [-0.1, -0.05) is 40.9 Å². The average Bonchev–Trinajstić information content (AvgIpc) is 2.40. The number of nitrogens with one attached hydrogen (secondary N) is 1. The molecule has 1 amide bonds. The highest BCUT2D eigenvalue weighted by molar-refractivity contribution is 6.35. The molecular weight excluding hydrogens is 309 g/mol. The summed E-state index contributed by atoms with van der Waals surface area (Å²) in [4.78, 5) is 12.1. The maximum Gasteiger partial charge on any atom is 0.265 e. The van der Waals surface area contributed by atoms with Gasteiger partial charge in [0.05, 0.1) is 0 Å². The molecule has 3 nitrogen and oxygen atoms in total. The molecule has 0 saturated heterocycles. The third-order valence-corrected chi connectivity index (χ3v) is 3.27. The molecule has 21 heavy (non-hydrogen) atoms. The molecule has 2 aromatic rings. The second kappa shape index (κ2) is 6.83. The summed E-state index contributed by atoms with van der Waals surface area (Å²) < 4.78 is 5.59. The topological polar surface area (TPSA) is 38.3 Å². The van der Waals surface area contributed by atoms with E-state index >= 15 is 0 Å². The molecule has 0 fully saturated rings. The van der Waals surface area contributed by atoms with Gasteiger partial charge in [-0.05, 0) is 44.2 Å². The molecule has 0 bridgehead atoms. The Kier molecular flexibility index (Phi) is 5.10. The van der Waals surface area contributed by atoms with Crippen LogP contribution in [0.2, 0.25) is 10.0 Å². The van der Waals surface area contributed by atoms with Gasteiger partial charge in [0.25, 0.3) is 5.91 Å². The summed E-state index contributed by atoms with van der Waals surface area (Å²) in [6.45, 7) is 3.67. The zero-order valence-electron chi connectivity index (χ0n) is 11.7. The Morgan fingerprint density at radius 1 is 1.10 bits per heavy atom. The van der Waals surface area contributed by atoms with Crippen molar-refractivity contribution in [3.63, 3.8) is 0 Å². The van der Waals surface area contributed by atoms with Crippen LogP contribution in [0.4, 0.5) is 5.69 Å². The lowest BCUT2D eigenvalue weighted by Gasteiger charge is -2.15. The number of halogens is 2. The maximum atomic E-state index is 12.1. The van der Waals surface area contributed by atoms with Crippen molar-refractivity contribution in [1.82, 2.24) is 0 Å². The van der Waals surface area contributed by atoms with Gasteiger partial charge in [0, 0.05) is 15.7 Å². The Morgan fingerprint density at radius 3 is 2.24 bits per heavy atom. The number of anilines is 1. The van der Waals surface area contributed by atoms with E-state index in [9.17, 15) is 4.79 Å². The molecule has 5 heteroatoms. The van der Waals surface area contributed by atoms with Crippen molar-refractivity contribution < 1.29 is 9.53 Å². The first-order chi connectivity index (χ1) is 9.94. The van der Waals surface area contributed by atoms with Crippen molar-refractivity contribution in [3.05, 3.63) is 58.1 Å². The van der Waals surface area contributed by atoms with Crippen molar-refractivity contribution in [2.75, 3.05) is 5.32 Å². The predicted octanol–water partition coefficient (Wildman–Crippen LogP) is 4.71. The van der Waals surface area contributed by atoms with Gasteiger partial charge in [0.2, 0.25) is 0 Å². The summed E-state index contributed by atoms with van der Waals surface area (Å²) in [7, 11) is 0. The standard InChI is InChI=1S/C16H15Cl2NO2/c1-10-3-5-15(6-4-10)21-11(2)16(20)19-14-8-12(17)7-13(18)9-14/h3-9,11H,1-2H3,(H,19,20). The molecule has 1 N–H and O–H groups in total. The fourth-order valence-electron chi connectivity index (χ4n) is 1.74. The molecule has 0 spiro atoms. The van der Waals surface area contributed by atoms with Crippen molar-refractivity contribution >= 4 is 34.8 Å². The Balaban J connectivity index is 2.00. The summed E-state index contributed by atoms with van der Waals surface area (Å²) in [5.74, 6) is 0.376. The number of benzene rings is 2. The summed E-state index contributed by atoms with van der Waals surface area (Å²) in [6, 6.07) is 12.4. The molecule has 1 unspecified atom stereocenters. The number of rotatable bonds is 4. The van der Waals surface area contributed by atoms with E-state index < -0.39 is 6.10 Å². The second-order valence-corrected chi connectivity index (χ2v) is 5.59. The molecule has 0 aliphatic heterocycles. The van der Waals surface area contributed by atoms with E-state index in [0.717, 1.165) is 5.56 Å². The summed E-state index contributed by atoms with van der Waals surface area (Å²) in [6.07, 6.45) is -0.634. The first-order valence-electron chi connectivity index (χ1n) is 6.44. The molecule has 0 heterocycles. The van der Waals surface area contributed by atoms with Crippen molar-refractivity contribution in [3.8, 4) is 5.75 Å². The molecule has 0 aliphatic carbocycles. The molecular formula is C16H15Cl2NO2. The smallest absolute Gasteiger partial charge is 0.265 e. The number of ether oxygens (including phenoxy) is 1. The zero-order chi connectivity index (χ0) is 15.4.